The van der Waals surface area contributed by atoms with Gasteiger partial charge in [-0.25, -0.2) is 4.98 Å². The van der Waals surface area contributed by atoms with Gasteiger partial charge in [-0.2, -0.15) is 4.98 Å². The summed E-state index contributed by atoms with van der Waals surface area (Å²) in [5, 5.41) is 14.7. The standard InChI is InChI=1S/C31H44N8O5/c1-3-4-5-12-34-30-29-24(35-31(32)36-30)11-14-39(29)21-23-7-6-22(19-25(23)44-2)20-37-15-17-38(18-16-37)27(41)10-13-33-26(40)8-9-28(42)43/h6-7,11,14,19H,3-5,8-10,12-13,15-18,20-21H2,1-2H3,(H,33,40)(H,42,43)(H3,32,34,35,36). The third kappa shape index (κ3) is 9.06. The van der Waals surface area contributed by atoms with E-state index >= 15 is 0 Å². The lowest BCUT2D eigenvalue weighted by molar-refractivity contribution is -0.139. The van der Waals surface area contributed by atoms with Crippen molar-refractivity contribution in [1.29, 1.82) is 0 Å². The van der Waals surface area contributed by atoms with Crippen LogP contribution in [0.2, 0.25) is 0 Å². The molecule has 0 unspecified atom stereocenters. The highest BCUT2D eigenvalue weighted by Gasteiger charge is 2.22. The number of carbonyl (C=O) groups is 3. The zero-order valence-corrected chi connectivity index (χ0v) is 25.7. The number of nitrogen functional groups attached to an aromatic ring is 1. The predicted octanol–water partition coefficient (Wildman–Crippen LogP) is 2.69. The zero-order chi connectivity index (χ0) is 31.5. The molecular weight excluding hydrogens is 564 g/mol. The molecule has 3 aromatic rings. The number of anilines is 2. The smallest absolute Gasteiger partial charge is 0.303 e. The van der Waals surface area contributed by atoms with Gasteiger partial charge in [-0.15, -0.1) is 0 Å². The first kappa shape index (κ1) is 32.5. The van der Waals surface area contributed by atoms with Gasteiger partial charge in [-0.3, -0.25) is 19.3 Å². The molecule has 1 saturated heterocycles. The van der Waals surface area contributed by atoms with Crippen molar-refractivity contribution >= 4 is 40.6 Å². The molecule has 3 heterocycles. The molecule has 1 aromatic carbocycles. The summed E-state index contributed by atoms with van der Waals surface area (Å²) >= 11 is 0. The molecule has 0 radical (unpaired) electrons. The summed E-state index contributed by atoms with van der Waals surface area (Å²) in [6, 6.07) is 8.24. The number of carboxylic acids is 1. The normalized spacial score (nSPS) is 13.6. The van der Waals surface area contributed by atoms with Crippen molar-refractivity contribution < 1.29 is 24.2 Å². The molecule has 4 rings (SSSR count). The average Bonchev–Trinajstić information content (AvgIpc) is 3.41. The number of unbranched alkanes of at least 4 members (excludes halogenated alkanes) is 2. The second kappa shape index (κ2) is 15.9. The molecule has 1 aliphatic rings. The van der Waals surface area contributed by atoms with Gasteiger partial charge in [0.25, 0.3) is 0 Å². The van der Waals surface area contributed by atoms with Crippen LogP contribution >= 0.6 is 0 Å². The molecule has 0 aliphatic carbocycles. The van der Waals surface area contributed by atoms with Crippen LogP contribution in [0.15, 0.2) is 30.5 Å². The van der Waals surface area contributed by atoms with Crippen LogP contribution < -0.4 is 21.1 Å². The molecule has 1 fully saturated rings. The summed E-state index contributed by atoms with van der Waals surface area (Å²) in [4.78, 5) is 47.9. The topological polar surface area (TPSA) is 168 Å². The SMILES string of the molecule is CCCCCNc1nc(N)nc2ccn(Cc3ccc(CN4CCN(C(=O)CCNC(=O)CCC(=O)O)CC4)cc3OC)c12. The van der Waals surface area contributed by atoms with E-state index in [1.807, 2.05) is 17.2 Å². The summed E-state index contributed by atoms with van der Waals surface area (Å²) in [7, 11) is 1.68. The van der Waals surface area contributed by atoms with E-state index in [2.05, 4.69) is 55.2 Å². The molecule has 2 aromatic heterocycles. The van der Waals surface area contributed by atoms with Gasteiger partial charge in [0.15, 0.2) is 5.82 Å². The van der Waals surface area contributed by atoms with E-state index in [-0.39, 0.29) is 43.6 Å². The van der Waals surface area contributed by atoms with Crippen molar-refractivity contribution in [2.75, 3.05) is 57.4 Å². The van der Waals surface area contributed by atoms with Gasteiger partial charge in [0, 0.05) is 70.4 Å². The monoisotopic (exact) mass is 608 g/mol. The number of aromatic nitrogens is 3. The number of ether oxygens (including phenoxy) is 1. The Labute approximate surface area is 257 Å². The molecule has 44 heavy (non-hydrogen) atoms. The van der Waals surface area contributed by atoms with Gasteiger partial charge in [0.05, 0.1) is 25.6 Å². The Hall–Kier alpha value is -4.39. The minimum absolute atomic E-state index is 0.0147. The number of rotatable bonds is 16. The van der Waals surface area contributed by atoms with Crippen LogP contribution in [-0.4, -0.2) is 93.6 Å². The fraction of sp³-hybridized carbons (Fsp3) is 0.516. The molecule has 0 saturated carbocycles. The maximum atomic E-state index is 12.6. The zero-order valence-electron chi connectivity index (χ0n) is 25.7. The summed E-state index contributed by atoms with van der Waals surface area (Å²) in [6.45, 7) is 7.25. The number of nitrogens with zero attached hydrogens (tertiary/aromatic N) is 5. The van der Waals surface area contributed by atoms with E-state index in [4.69, 9.17) is 15.6 Å². The number of nitrogens with one attached hydrogen (secondary N) is 2. The number of carboxylic acid groups (broad SMARTS) is 1. The van der Waals surface area contributed by atoms with E-state index in [0.29, 0.717) is 19.6 Å². The highest BCUT2D eigenvalue weighted by atomic mass is 16.5. The maximum Gasteiger partial charge on any atom is 0.303 e. The van der Waals surface area contributed by atoms with Crippen molar-refractivity contribution in [2.45, 2.75) is 58.5 Å². The summed E-state index contributed by atoms with van der Waals surface area (Å²) in [5.41, 5.74) is 9.85. The number of hydrogen-bond acceptors (Lipinski definition) is 9. The van der Waals surface area contributed by atoms with Gasteiger partial charge in [-0.1, -0.05) is 31.9 Å². The lowest BCUT2D eigenvalue weighted by Gasteiger charge is -2.35. The minimum atomic E-state index is -1.02. The number of fused-ring (bicyclic) bond motifs is 1. The van der Waals surface area contributed by atoms with Crippen LogP contribution in [0.4, 0.5) is 11.8 Å². The van der Waals surface area contributed by atoms with E-state index in [1.165, 1.54) is 0 Å². The fourth-order valence-corrected chi connectivity index (χ4v) is 5.35. The highest BCUT2D eigenvalue weighted by molar-refractivity contribution is 5.87. The predicted molar refractivity (Wildman–Crippen MR) is 168 cm³/mol. The van der Waals surface area contributed by atoms with E-state index in [0.717, 1.165) is 79.2 Å². The lowest BCUT2D eigenvalue weighted by atomic mass is 10.1. The van der Waals surface area contributed by atoms with E-state index in [9.17, 15) is 14.4 Å². The molecule has 13 heteroatoms. The van der Waals surface area contributed by atoms with Crippen molar-refractivity contribution in [3.63, 3.8) is 0 Å². The summed E-state index contributed by atoms with van der Waals surface area (Å²) < 4.78 is 7.91. The number of piperazine rings is 1. The molecule has 0 atom stereocenters. The first-order valence-electron chi connectivity index (χ1n) is 15.3. The first-order valence-corrected chi connectivity index (χ1v) is 15.3. The molecule has 0 spiro atoms. The molecule has 5 N–H and O–H groups in total. The third-order valence-corrected chi connectivity index (χ3v) is 7.75. The van der Waals surface area contributed by atoms with E-state index < -0.39 is 5.97 Å². The molecule has 2 amide bonds. The quantitative estimate of drug-likeness (QED) is 0.178. The highest BCUT2D eigenvalue weighted by Crippen LogP contribution is 2.27. The van der Waals surface area contributed by atoms with Crippen LogP contribution in [0, 0.1) is 0 Å². The Morgan fingerprint density at radius 1 is 1.00 bits per heavy atom. The molecule has 13 nitrogen and oxygen atoms in total. The van der Waals surface area contributed by atoms with Gasteiger partial charge in [-0.05, 0) is 24.1 Å². The minimum Gasteiger partial charge on any atom is -0.496 e. The summed E-state index contributed by atoms with van der Waals surface area (Å²) in [5.74, 6) is 0.403. The maximum absolute atomic E-state index is 12.6. The van der Waals surface area contributed by atoms with Crippen LogP contribution in [0.25, 0.3) is 11.0 Å². The lowest BCUT2D eigenvalue weighted by Crippen LogP contribution is -2.48. The Balaban J connectivity index is 1.31. The Kier molecular flexibility index (Phi) is 11.8. The van der Waals surface area contributed by atoms with Crippen LogP contribution in [0.1, 0.15) is 56.6 Å². The molecule has 238 valence electrons. The van der Waals surface area contributed by atoms with Gasteiger partial charge >= 0.3 is 5.97 Å². The Morgan fingerprint density at radius 2 is 1.80 bits per heavy atom. The fourth-order valence-electron chi connectivity index (χ4n) is 5.35. The van der Waals surface area contributed by atoms with Gasteiger partial charge < -0.3 is 35.7 Å². The molecule has 1 aliphatic heterocycles. The van der Waals surface area contributed by atoms with Gasteiger partial charge in [0.2, 0.25) is 17.8 Å². The Morgan fingerprint density at radius 3 is 2.52 bits per heavy atom. The number of aliphatic carboxylic acids is 1. The van der Waals surface area contributed by atoms with Crippen molar-refractivity contribution in [3.8, 4) is 5.75 Å². The number of carbonyl (C=O) groups excluding carboxylic acids is 2. The van der Waals surface area contributed by atoms with Crippen LogP contribution in [-0.2, 0) is 27.5 Å². The van der Waals surface area contributed by atoms with Crippen molar-refractivity contribution in [2.24, 2.45) is 0 Å². The number of benzene rings is 1. The second-order valence-electron chi connectivity index (χ2n) is 11.0. The van der Waals surface area contributed by atoms with Crippen LogP contribution in [0.3, 0.4) is 0 Å². The van der Waals surface area contributed by atoms with Crippen LogP contribution in [0.5, 0.6) is 5.75 Å². The largest absolute Gasteiger partial charge is 0.496 e. The number of nitrogens with two attached hydrogens (primary N) is 1. The Bertz CT molecular complexity index is 1430. The number of amides is 2. The van der Waals surface area contributed by atoms with Gasteiger partial charge in [0.1, 0.15) is 11.3 Å². The molecular formula is C31H44N8O5. The number of hydrogen-bond donors (Lipinski definition) is 4. The molecule has 0 bridgehead atoms. The van der Waals surface area contributed by atoms with E-state index in [1.54, 1.807) is 7.11 Å². The average molecular weight is 609 g/mol. The number of methoxy groups -OCH3 is 1. The summed E-state index contributed by atoms with van der Waals surface area (Å²) in [6.07, 6.45) is 5.24. The third-order valence-electron chi connectivity index (χ3n) is 7.75. The van der Waals surface area contributed by atoms with Crippen molar-refractivity contribution in [3.05, 3.63) is 41.6 Å². The first-order chi connectivity index (χ1) is 21.3. The van der Waals surface area contributed by atoms with Crippen molar-refractivity contribution in [1.82, 2.24) is 29.7 Å². The second-order valence-corrected chi connectivity index (χ2v) is 11.0.